The monoisotopic (exact) mass is 335 g/mol. The molecule has 23 heavy (non-hydrogen) atoms. The molecule has 2 N–H and O–H groups in total. The minimum absolute atomic E-state index is 0.111. The van der Waals surface area contributed by atoms with Crippen LogP contribution in [0.15, 0.2) is 30.3 Å². The van der Waals surface area contributed by atoms with Gasteiger partial charge in [0.2, 0.25) is 0 Å². The van der Waals surface area contributed by atoms with E-state index in [0.717, 1.165) is 0 Å². The molecule has 0 unspecified atom stereocenters. The first-order valence-electron chi connectivity index (χ1n) is 7.16. The van der Waals surface area contributed by atoms with E-state index in [1.54, 1.807) is 18.2 Å². The third kappa shape index (κ3) is 2.84. The SMILES string of the molecule is COc1cccc(C(=O)N[C@@H]2CCc3c(F)cc(Cl)cc32)c1O. The lowest BCUT2D eigenvalue weighted by Crippen LogP contribution is -2.27. The normalized spacial score (nSPS) is 16.0. The molecule has 0 spiro atoms. The van der Waals surface area contributed by atoms with Gasteiger partial charge in [-0.3, -0.25) is 4.79 Å². The number of phenols is 1. The van der Waals surface area contributed by atoms with E-state index >= 15 is 0 Å². The van der Waals surface area contributed by atoms with Crippen molar-refractivity contribution in [3.05, 3.63) is 57.9 Å². The molecular weight excluding hydrogens is 321 g/mol. The van der Waals surface area contributed by atoms with Crippen LogP contribution in [0.5, 0.6) is 11.5 Å². The van der Waals surface area contributed by atoms with Crippen LogP contribution in [0.2, 0.25) is 5.02 Å². The van der Waals surface area contributed by atoms with E-state index in [1.165, 1.54) is 19.2 Å². The molecule has 4 nitrogen and oxygen atoms in total. The van der Waals surface area contributed by atoms with Crippen LogP contribution >= 0.6 is 11.6 Å². The lowest BCUT2D eigenvalue weighted by molar-refractivity contribution is 0.0933. The van der Waals surface area contributed by atoms with Gasteiger partial charge in [0.25, 0.3) is 5.91 Å². The smallest absolute Gasteiger partial charge is 0.255 e. The average Bonchev–Trinajstić information content (AvgIpc) is 2.90. The summed E-state index contributed by atoms with van der Waals surface area (Å²) in [5.41, 5.74) is 1.38. The molecule has 0 heterocycles. The Morgan fingerprint density at radius 2 is 2.22 bits per heavy atom. The van der Waals surface area contributed by atoms with Gasteiger partial charge in [-0.05, 0) is 48.2 Å². The fraction of sp³-hybridized carbons (Fsp3) is 0.235. The van der Waals surface area contributed by atoms with Gasteiger partial charge in [-0.15, -0.1) is 0 Å². The number of carbonyl (C=O) groups is 1. The van der Waals surface area contributed by atoms with Crippen LogP contribution in [-0.4, -0.2) is 18.1 Å². The zero-order chi connectivity index (χ0) is 16.6. The first-order valence-corrected chi connectivity index (χ1v) is 7.53. The van der Waals surface area contributed by atoms with Gasteiger partial charge in [0.15, 0.2) is 11.5 Å². The number of hydrogen-bond donors (Lipinski definition) is 2. The highest BCUT2D eigenvalue weighted by Crippen LogP contribution is 2.36. The standard InChI is InChI=1S/C17H15ClFNO3/c1-23-15-4-2-3-11(16(15)21)17(22)20-14-6-5-10-12(14)7-9(18)8-13(10)19/h2-4,7-8,14,21H,5-6H2,1H3,(H,20,22)/t14-/m1/s1. The number of nitrogens with one attached hydrogen (secondary N) is 1. The van der Waals surface area contributed by atoms with E-state index in [1.807, 2.05) is 0 Å². The number of ether oxygens (including phenoxy) is 1. The average molecular weight is 336 g/mol. The number of halogens is 2. The summed E-state index contributed by atoms with van der Waals surface area (Å²) >= 11 is 5.90. The molecule has 2 aromatic rings. The van der Waals surface area contributed by atoms with E-state index < -0.39 is 5.91 Å². The van der Waals surface area contributed by atoms with Gasteiger partial charge in [-0.2, -0.15) is 0 Å². The van der Waals surface area contributed by atoms with Crippen LogP contribution in [0, 0.1) is 5.82 Å². The first-order chi connectivity index (χ1) is 11.0. The van der Waals surface area contributed by atoms with Crippen molar-refractivity contribution in [1.82, 2.24) is 5.32 Å². The molecule has 1 amide bonds. The molecule has 6 heteroatoms. The quantitative estimate of drug-likeness (QED) is 0.900. The summed E-state index contributed by atoms with van der Waals surface area (Å²) in [5.74, 6) is -0.797. The fourth-order valence-corrected chi connectivity index (χ4v) is 3.11. The zero-order valence-electron chi connectivity index (χ0n) is 12.4. The molecular formula is C17H15ClFNO3. The largest absolute Gasteiger partial charge is 0.504 e. The van der Waals surface area contributed by atoms with Gasteiger partial charge in [0.05, 0.1) is 18.7 Å². The second kappa shape index (κ2) is 6.08. The van der Waals surface area contributed by atoms with Crippen molar-refractivity contribution in [2.45, 2.75) is 18.9 Å². The minimum atomic E-state index is -0.445. The molecule has 0 saturated carbocycles. The summed E-state index contributed by atoms with van der Waals surface area (Å²) in [7, 11) is 1.41. The van der Waals surface area contributed by atoms with Crippen molar-refractivity contribution < 1.29 is 19.0 Å². The Hall–Kier alpha value is -2.27. The number of amides is 1. The van der Waals surface area contributed by atoms with Gasteiger partial charge in [-0.25, -0.2) is 4.39 Å². The summed E-state index contributed by atoms with van der Waals surface area (Å²) in [5, 5.41) is 13.2. The van der Waals surface area contributed by atoms with Gasteiger partial charge in [0.1, 0.15) is 5.82 Å². The van der Waals surface area contributed by atoms with E-state index in [-0.39, 0.29) is 28.9 Å². The summed E-state index contributed by atoms with van der Waals surface area (Å²) in [4.78, 5) is 12.4. The van der Waals surface area contributed by atoms with Crippen molar-refractivity contribution in [3.63, 3.8) is 0 Å². The van der Waals surface area contributed by atoms with Crippen molar-refractivity contribution >= 4 is 17.5 Å². The molecule has 1 atom stereocenters. The van der Waals surface area contributed by atoms with Gasteiger partial charge < -0.3 is 15.2 Å². The molecule has 0 saturated heterocycles. The number of para-hydroxylation sites is 1. The summed E-state index contributed by atoms with van der Waals surface area (Å²) in [6.45, 7) is 0. The fourth-order valence-electron chi connectivity index (χ4n) is 2.90. The second-order valence-corrected chi connectivity index (χ2v) is 5.81. The number of carbonyl (C=O) groups excluding carboxylic acids is 1. The second-order valence-electron chi connectivity index (χ2n) is 5.38. The first kappa shape index (κ1) is 15.6. The number of rotatable bonds is 3. The van der Waals surface area contributed by atoms with Crippen LogP contribution in [0.3, 0.4) is 0 Å². The third-order valence-corrected chi connectivity index (χ3v) is 4.24. The van der Waals surface area contributed by atoms with E-state index in [2.05, 4.69) is 5.32 Å². The number of phenolic OH excluding ortho intramolecular Hbond substituents is 1. The highest BCUT2D eigenvalue weighted by atomic mass is 35.5. The molecule has 3 rings (SSSR count). The number of fused-ring (bicyclic) bond motifs is 1. The highest BCUT2D eigenvalue weighted by molar-refractivity contribution is 6.30. The van der Waals surface area contributed by atoms with Crippen molar-refractivity contribution in [3.8, 4) is 11.5 Å². The molecule has 0 radical (unpaired) electrons. The molecule has 0 aromatic heterocycles. The molecule has 120 valence electrons. The lowest BCUT2D eigenvalue weighted by atomic mass is 10.1. The molecule has 2 aromatic carbocycles. The van der Waals surface area contributed by atoms with E-state index in [0.29, 0.717) is 29.0 Å². The van der Waals surface area contributed by atoms with Crippen LogP contribution < -0.4 is 10.1 Å². The van der Waals surface area contributed by atoms with Gasteiger partial charge in [0, 0.05) is 5.02 Å². The number of methoxy groups -OCH3 is 1. The Bertz CT molecular complexity index is 779. The predicted molar refractivity (Wildman–Crippen MR) is 84.6 cm³/mol. The molecule has 0 fully saturated rings. The maximum absolute atomic E-state index is 13.9. The topological polar surface area (TPSA) is 58.6 Å². The summed E-state index contributed by atoms with van der Waals surface area (Å²) in [6.07, 6.45) is 1.12. The molecule has 1 aliphatic carbocycles. The van der Waals surface area contributed by atoms with Gasteiger partial charge >= 0.3 is 0 Å². The van der Waals surface area contributed by atoms with Crippen LogP contribution in [-0.2, 0) is 6.42 Å². The zero-order valence-corrected chi connectivity index (χ0v) is 13.2. The van der Waals surface area contributed by atoms with Crippen molar-refractivity contribution in [2.24, 2.45) is 0 Å². The van der Waals surface area contributed by atoms with Crippen LogP contribution in [0.4, 0.5) is 4.39 Å². The van der Waals surface area contributed by atoms with Gasteiger partial charge in [-0.1, -0.05) is 17.7 Å². The molecule has 0 bridgehead atoms. The summed E-state index contributed by atoms with van der Waals surface area (Å²) in [6, 6.07) is 7.29. The van der Waals surface area contributed by atoms with Crippen molar-refractivity contribution in [1.29, 1.82) is 0 Å². The Morgan fingerprint density at radius 1 is 1.43 bits per heavy atom. The Kier molecular flexibility index (Phi) is 4.13. The lowest BCUT2D eigenvalue weighted by Gasteiger charge is -2.16. The Morgan fingerprint density at radius 3 is 2.96 bits per heavy atom. The highest BCUT2D eigenvalue weighted by Gasteiger charge is 2.28. The number of benzene rings is 2. The Balaban J connectivity index is 1.87. The summed E-state index contributed by atoms with van der Waals surface area (Å²) < 4.78 is 18.9. The maximum atomic E-state index is 13.9. The van der Waals surface area contributed by atoms with E-state index in [4.69, 9.17) is 16.3 Å². The number of hydrogen-bond acceptors (Lipinski definition) is 3. The molecule has 0 aliphatic heterocycles. The third-order valence-electron chi connectivity index (χ3n) is 4.02. The predicted octanol–water partition coefficient (Wildman–Crippen LogP) is 3.61. The maximum Gasteiger partial charge on any atom is 0.255 e. The number of aromatic hydroxyl groups is 1. The van der Waals surface area contributed by atoms with Crippen molar-refractivity contribution in [2.75, 3.05) is 7.11 Å². The Labute approximate surface area is 137 Å². The minimum Gasteiger partial charge on any atom is -0.504 e. The van der Waals surface area contributed by atoms with Crippen LogP contribution in [0.1, 0.15) is 33.9 Å². The molecule has 1 aliphatic rings. The van der Waals surface area contributed by atoms with Crippen LogP contribution in [0.25, 0.3) is 0 Å². The van der Waals surface area contributed by atoms with E-state index in [9.17, 15) is 14.3 Å².